The van der Waals surface area contributed by atoms with Crippen molar-refractivity contribution in [3.05, 3.63) is 29.3 Å². The van der Waals surface area contributed by atoms with Gasteiger partial charge in [0.05, 0.1) is 0 Å². The maximum Gasteiger partial charge on any atom is 0.251 e. The van der Waals surface area contributed by atoms with Crippen molar-refractivity contribution in [1.29, 1.82) is 0 Å². The van der Waals surface area contributed by atoms with Crippen molar-refractivity contribution < 1.29 is 4.79 Å². The van der Waals surface area contributed by atoms with Crippen LogP contribution < -0.4 is 11.1 Å². The van der Waals surface area contributed by atoms with E-state index in [-0.39, 0.29) is 5.91 Å². The maximum atomic E-state index is 12.2. The lowest BCUT2D eigenvalue weighted by molar-refractivity contribution is 0.0938. The van der Waals surface area contributed by atoms with Crippen LogP contribution in [0.1, 0.15) is 36.2 Å². The smallest absolute Gasteiger partial charge is 0.251 e. The van der Waals surface area contributed by atoms with Gasteiger partial charge in [-0.2, -0.15) is 0 Å². The van der Waals surface area contributed by atoms with E-state index in [1.807, 2.05) is 39.2 Å². The second-order valence-electron chi connectivity index (χ2n) is 5.98. The third-order valence-corrected chi connectivity index (χ3v) is 3.59. The van der Waals surface area contributed by atoms with Gasteiger partial charge in [0.15, 0.2) is 0 Å². The molecule has 0 saturated carbocycles. The van der Waals surface area contributed by atoms with Crippen molar-refractivity contribution in [3.8, 4) is 0 Å². The van der Waals surface area contributed by atoms with Crippen LogP contribution in [0.15, 0.2) is 18.2 Å². The van der Waals surface area contributed by atoms with E-state index < -0.39 is 0 Å². The molecular formula is C16H27N3O. The van der Waals surface area contributed by atoms with Crippen molar-refractivity contribution >= 4 is 11.6 Å². The van der Waals surface area contributed by atoms with E-state index in [9.17, 15) is 4.79 Å². The highest BCUT2D eigenvalue weighted by atomic mass is 16.1. The van der Waals surface area contributed by atoms with Crippen LogP contribution in [0.4, 0.5) is 5.69 Å². The van der Waals surface area contributed by atoms with Gasteiger partial charge in [0.2, 0.25) is 0 Å². The standard InChI is InChI=1S/C16H27N3O/c1-11(2)9-13(19(4)5)10-18-16(20)14-7-6-8-15(17)12(14)3/h6-8,11,13H,9-10,17H2,1-5H3,(H,18,20). The Balaban J connectivity index is 2.68. The minimum atomic E-state index is -0.0505. The van der Waals surface area contributed by atoms with Crippen molar-refractivity contribution in [2.75, 3.05) is 26.4 Å². The molecule has 112 valence electrons. The molecule has 4 nitrogen and oxygen atoms in total. The zero-order valence-corrected chi connectivity index (χ0v) is 13.2. The summed E-state index contributed by atoms with van der Waals surface area (Å²) in [6.45, 7) is 6.92. The first-order valence-electron chi connectivity index (χ1n) is 7.12. The van der Waals surface area contributed by atoms with Gasteiger partial charge in [0.25, 0.3) is 5.91 Å². The first-order valence-corrected chi connectivity index (χ1v) is 7.12. The molecule has 0 fully saturated rings. The Morgan fingerprint density at radius 1 is 1.35 bits per heavy atom. The summed E-state index contributed by atoms with van der Waals surface area (Å²) in [5.41, 5.74) is 8.00. The molecule has 0 spiro atoms. The second-order valence-corrected chi connectivity index (χ2v) is 5.98. The van der Waals surface area contributed by atoms with Crippen LogP contribution in [-0.2, 0) is 0 Å². The molecule has 3 N–H and O–H groups in total. The number of anilines is 1. The number of carbonyl (C=O) groups is 1. The van der Waals surface area contributed by atoms with Crippen LogP contribution in [0.5, 0.6) is 0 Å². The molecule has 1 aromatic rings. The molecule has 1 unspecified atom stereocenters. The third kappa shape index (κ3) is 4.53. The van der Waals surface area contributed by atoms with Crippen molar-refractivity contribution in [3.63, 3.8) is 0 Å². The lowest BCUT2D eigenvalue weighted by Crippen LogP contribution is -2.41. The fraction of sp³-hybridized carbons (Fsp3) is 0.562. The number of benzene rings is 1. The second kappa shape index (κ2) is 7.29. The van der Waals surface area contributed by atoms with E-state index >= 15 is 0 Å². The SMILES string of the molecule is Cc1c(N)cccc1C(=O)NCC(CC(C)C)N(C)C. The van der Waals surface area contributed by atoms with Crippen molar-refractivity contribution in [1.82, 2.24) is 10.2 Å². The van der Waals surface area contributed by atoms with E-state index in [4.69, 9.17) is 5.73 Å². The van der Waals surface area contributed by atoms with Crippen molar-refractivity contribution in [2.24, 2.45) is 5.92 Å². The number of nitrogens with zero attached hydrogens (tertiary/aromatic N) is 1. The Bertz CT molecular complexity index is 455. The molecule has 1 aromatic carbocycles. The van der Waals surface area contributed by atoms with Gasteiger partial charge < -0.3 is 16.0 Å². The normalized spacial score (nSPS) is 12.8. The van der Waals surface area contributed by atoms with E-state index in [1.165, 1.54) is 0 Å². The molecule has 0 radical (unpaired) electrons. The molecule has 1 atom stereocenters. The number of rotatable bonds is 6. The van der Waals surface area contributed by atoms with E-state index in [1.54, 1.807) is 0 Å². The van der Waals surface area contributed by atoms with Gasteiger partial charge in [-0.3, -0.25) is 4.79 Å². The number of nitrogen functional groups attached to an aromatic ring is 1. The zero-order valence-electron chi connectivity index (χ0n) is 13.2. The Morgan fingerprint density at radius 2 is 2.00 bits per heavy atom. The van der Waals surface area contributed by atoms with Crippen LogP contribution in [0.2, 0.25) is 0 Å². The Hall–Kier alpha value is -1.55. The fourth-order valence-electron chi connectivity index (χ4n) is 2.23. The predicted molar refractivity (Wildman–Crippen MR) is 84.9 cm³/mol. The van der Waals surface area contributed by atoms with Gasteiger partial charge in [-0.15, -0.1) is 0 Å². The van der Waals surface area contributed by atoms with Crippen LogP contribution in [-0.4, -0.2) is 37.5 Å². The lowest BCUT2D eigenvalue weighted by Gasteiger charge is -2.26. The molecule has 0 heterocycles. The van der Waals surface area contributed by atoms with Gasteiger partial charge in [0, 0.05) is 23.8 Å². The van der Waals surface area contributed by atoms with Crippen LogP contribution in [0.3, 0.4) is 0 Å². The summed E-state index contributed by atoms with van der Waals surface area (Å²) in [5, 5.41) is 3.02. The average Bonchev–Trinajstić information content (AvgIpc) is 2.36. The summed E-state index contributed by atoms with van der Waals surface area (Å²) >= 11 is 0. The molecule has 1 amide bonds. The molecule has 1 rings (SSSR count). The van der Waals surface area contributed by atoms with Gasteiger partial charge in [-0.25, -0.2) is 0 Å². The fourth-order valence-corrected chi connectivity index (χ4v) is 2.23. The number of amides is 1. The number of carbonyl (C=O) groups excluding carboxylic acids is 1. The summed E-state index contributed by atoms with van der Waals surface area (Å²) in [4.78, 5) is 14.4. The average molecular weight is 277 g/mol. The highest BCUT2D eigenvalue weighted by Crippen LogP contribution is 2.15. The van der Waals surface area contributed by atoms with Crippen LogP contribution >= 0.6 is 0 Å². The van der Waals surface area contributed by atoms with E-state index in [0.717, 1.165) is 12.0 Å². The summed E-state index contributed by atoms with van der Waals surface area (Å²) in [5.74, 6) is 0.554. The Labute approximate surface area is 122 Å². The molecular weight excluding hydrogens is 250 g/mol. The maximum absolute atomic E-state index is 12.2. The minimum absolute atomic E-state index is 0.0505. The minimum Gasteiger partial charge on any atom is -0.398 e. The van der Waals surface area contributed by atoms with Gasteiger partial charge in [-0.05, 0) is 51.1 Å². The summed E-state index contributed by atoms with van der Waals surface area (Å²) in [6, 6.07) is 5.79. The van der Waals surface area contributed by atoms with Crippen molar-refractivity contribution in [2.45, 2.75) is 33.2 Å². The highest BCUT2D eigenvalue weighted by Gasteiger charge is 2.16. The molecule has 0 aromatic heterocycles. The summed E-state index contributed by atoms with van der Waals surface area (Å²) in [7, 11) is 4.09. The molecule has 0 bridgehead atoms. The number of nitrogens with one attached hydrogen (secondary N) is 1. The van der Waals surface area contributed by atoms with E-state index in [2.05, 4.69) is 24.1 Å². The largest absolute Gasteiger partial charge is 0.398 e. The van der Waals surface area contributed by atoms with Gasteiger partial charge in [0.1, 0.15) is 0 Å². The lowest BCUT2D eigenvalue weighted by atomic mass is 10.0. The number of hydrogen-bond acceptors (Lipinski definition) is 3. The summed E-state index contributed by atoms with van der Waals surface area (Å²) < 4.78 is 0. The number of nitrogens with two attached hydrogens (primary N) is 1. The van der Waals surface area contributed by atoms with Crippen LogP contribution in [0.25, 0.3) is 0 Å². The molecule has 0 aliphatic carbocycles. The third-order valence-electron chi connectivity index (χ3n) is 3.59. The first-order chi connectivity index (χ1) is 9.32. The Morgan fingerprint density at radius 3 is 2.55 bits per heavy atom. The molecule has 0 aliphatic rings. The molecule has 0 saturated heterocycles. The summed E-state index contributed by atoms with van der Waals surface area (Å²) in [6.07, 6.45) is 1.06. The topological polar surface area (TPSA) is 58.4 Å². The monoisotopic (exact) mass is 277 g/mol. The Kier molecular flexibility index (Phi) is 6.02. The van der Waals surface area contributed by atoms with E-state index in [0.29, 0.717) is 29.8 Å². The zero-order chi connectivity index (χ0) is 15.3. The number of hydrogen-bond donors (Lipinski definition) is 2. The first kappa shape index (κ1) is 16.5. The van der Waals surface area contributed by atoms with Gasteiger partial charge >= 0.3 is 0 Å². The molecule has 4 heteroatoms. The molecule has 20 heavy (non-hydrogen) atoms. The predicted octanol–water partition coefficient (Wildman–Crippen LogP) is 2.28. The quantitative estimate of drug-likeness (QED) is 0.784. The highest BCUT2D eigenvalue weighted by molar-refractivity contribution is 5.96. The number of likely N-dealkylation sites (N-methyl/N-ethyl adjacent to an activating group) is 1. The van der Waals surface area contributed by atoms with Crippen LogP contribution in [0, 0.1) is 12.8 Å². The van der Waals surface area contributed by atoms with Gasteiger partial charge in [-0.1, -0.05) is 19.9 Å². The molecule has 0 aliphatic heterocycles.